The van der Waals surface area contributed by atoms with Crippen molar-refractivity contribution in [3.05, 3.63) is 57.0 Å². The van der Waals surface area contributed by atoms with E-state index >= 15 is 0 Å². The third-order valence-electron chi connectivity index (χ3n) is 3.50. The van der Waals surface area contributed by atoms with E-state index in [1.165, 1.54) is 11.5 Å². The first-order valence-electron chi connectivity index (χ1n) is 7.11. The van der Waals surface area contributed by atoms with Crippen LogP contribution in [-0.2, 0) is 11.3 Å². The van der Waals surface area contributed by atoms with Crippen LogP contribution in [0.4, 0.5) is 0 Å². The number of nitrogens with one attached hydrogen (secondary N) is 1. The molecule has 0 aliphatic heterocycles. The largest absolute Gasteiger partial charge is 0.349 e. The molecule has 1 aromatic carbocycles. The van der Waals surface area contributed by atoms with Crippen LogP contribution in [-0.4, -0.2) is 9.86 Å². The Morgan fingerprint density at radius 1 is 1.27 bits per heavy atom. The fraction of sp³-hybridized carbons (Fsp3) is 0.250. The van der Waals surface area contributed by atoms with Crippen molar-refractivity contribution >= 4 is 38.9 Å². The van der Waals surface area contributed by atoms with E-state index in [1.54, 1.807) is 21.4 Å². The molecule has 0 fully saturated rings. The van der Waals surface area contributed by atoms with Crippen molar-refractivity contribution in [2.45, 2.75) is 25.9 Å². The Bertz CT molecular complexity index is 833. The topological polar surface area (TPSA) is 51.1 Å². The van der Waals surface area contributed by atoms with Crippen molar-refractivity contribution in [1.29, 1.82) is 0 Å². The molecule has 1 unspecified atom stereocenters. The Hall–Kier alpha value is -1.92. The maximum Gasteiger partial charge on any atom is 0.269 e. The number of carbonyl (C=O) groups is 1. The molecule has 22 heavy (non-hydrogen) atoms. The summed E-state index contributed by atoms with van der Waals surface area (Å²) in [7, 11) is 0. The van der Waals surface area contributed by atoms with Crippen LogP contribution in [0.25, 0.3) is 10.1 Å². The van der Waals surface area contributed by atoms with Crippen LogP contribution < -0.4 is 10.9 Å². The fourth-order valence-corrected chi connectivity index (χ4v) is 4.16. The lowest BCUT2D eigenvalue weighted by Crippen LogP contribution is -2.34. The van der Waals surface area contributed by atoms with E-state index in [1.807, 2.05) is 42.6 Å². The van der Waals surface area contributed by atoms with Crippen LogP contribution in [0.1, 0.15) is 24.3 Å². The number of fused-ring (bicyclic) bond motifs is 1. The van der Waals surface area contributed by atoms with Gasteiger partial charge in [-0.3, -0.25) is 13.5 Å². The van der Waals surface area contributed by atoms with Crippen LogP contribution in [0.2, 0.25) is 0 Å². The van der Waals surface area contributed by atoms with Gasteiger partial charge in [0.1, 0.15) is 6.04 Å². The molecule has 114 valence electrons. The highest BCUT2D eigenvalue weighted by atomic mass is 32.1. The predicted molar refractivity (Wildman–Crippen MR) is 91.6 cm³/mol. The van der Waals surface area contributed by atoms with Gasteiger partial charge < -0.3 is 5.32 Å². The Morgan fingerprint density at radius 3 is 2.77 bits per heavy atom. The van der Waals surface area contributed by atoms with Gasteiger partial charge in [0.2, 0.25) is 5.91 Å². The first kappa shape index (κ1) is 15.0. The number of carbonyl (C=O) groups excluding carboxylic acids is 1. The summed E-state index contributed by atoms with van der Waals surface area (Å²) in [5.41, 5.74) is -0.0845. The Balaban J connectivity index is 1.84. The van der Waals surface area contributed by atoms with E-state index in [-0.39, 0.29) is 11.5 Å². The summed E-state index contributed by atoms with van der Waals surface area (Å²) in [6.45, 7) is 2.43. The van der Waals surface area contributed by atoms with Gasteiger partial charge >= 0.3 is 0 Å². The highest BCUT2D eigenvalue weighted by Gasteiger charge is 2.22. The molecule has 0 saturated heterocycles. The van der Waals surface area contributed by atoms with Gasteiger partial charge in [0.25, 0.3) is 5.56 Å². The molecule has 0 saturated carbocycles. The number of nitrogens with zero attached hydrogens (tertiary/aromatic N) is 1. The van der Waals surface area contributed by atoms with Crippen molar-refractivity contribution in [3.8, 4) is 0 Å². The summed E-state index contributed by atoms with van der Waals surface area (Å²) in [6, 6.07) is 11.0. The van der Waals surface area contributed by atoms with E-state index in [4.69, 9.17) is 0 Å². The molecule has 0 bridgehead atoms. The molecule has 0 aliphatic rings. The summed E-state index contributed by atoms with van der Waals surface area (Å²) in [5.74, 6) is -0.107. The Morgan fingerprint density at radius 2 is 2.09 bits per heavy atom. The third-order valence-corrected chi connectivity index (χ3v) is 5.55. The van der Waals surface area contributed by atoms with Gasteiger partial charge in [-0.05, 0) is 30.0 Å². The zero-order chi connectivity index (χ0) is 15.5. The van der Waals surface area contributed by atoms with Crippen molar-refractivity contribution in [1.82, 2.24) is 9.27 Å². The van der Waals surface area contributed by atoms with Crippen LogP contribution in [0, 0.1) is 0 Å². The highest BCUT2D eigenvalue weighted by molar-refractivity contribution is 7.14. The van der Waals surface area contributed by atoms with E-state index in [2.05, 4.69) is 5.32 Å². The standard InChI is InChI=1S/C16H16N2O2S2/c1-2-13(15(19)17-10-11-6-5-9-21-11)18-16(20)12-7-3-4-8-14(12)22-18/h3-9,13H,2,10H2,1H3,(H,17,19). The number of benzene rings is 1. The minimum Gasteiger partial charge on any atom is -0.349 e. The van der Waals surface area contributed by atoms with Crippen molar-refractivity contribution in [2.75, 3.05) is 0 Å². The minimum atomic E-state index is -0.454. The maximum absolute atomic E-state index is 12.5. The van der Waals surface area contributed by atoms with Gasteiger partial charge in [-0.1, -0.05) is 36.7 Å². The summed E-state index contributed by atoms with van der Waals surface area (Å²) in [4.78, 5) is 26.0. The van der Waals surface area contributed by atoms with E-state index < -0.39 is 6.04 Å². The summed E-state index contributed by atoms with van der Waals surface area (Å²) in [6.07, 6.45) is 0.586. The monoisotopic (exact) mass is 332 g/mol. The van der Waals surface area contributed by atoms with Gasteiger partial charge in [-0.25, -0.2) is 0 Å². The highest BCUT2D eigenvalue weighted by Crippen LogP contribution is 2.21. The lowest BCUT2D eigenvalue weighted by molar-refractivity contribution is -0.124. The second-order valence-electron chi connectivity index (χ2n) is 4.94. The average molecular weight is 332 g/mol. The molecule has 4 nitrogen and oxygen atoms in total. The molecule has 0 radical (unpaired) electrons. The minimum absolute atomic E-state index is 0.0845. The van der Waals surface area contributed by atoms with E-state index in [0.717, 1.165) is 9.58 Å². The van der Waals surface area contributed by atoms with Gasteiger partial charge in [0.15, 0.2) is 0 Å². The maximum atomic E-state index is 12.5. The van der Waals surface area contributed by atoms with Crippen molar-refractivity contribution in [3.63, 3.8) is 0 Å². The van der Waals surface area contributed by atoms with E-state index in [0.29, 0.717) is 18.4 Å². The molecule has 0 spiro atoms. The number of amides is 1. The third kappa shape index (κ3) is 2.84. The summed E-state index contributed by atoms with van der Waals surface area (Å²) in [5, 5.41) is 5.58. The van der Waals surface area contributed by atoms with Gasteiger partial charge in [0.05, 0.1) is 16.6 Å². The molecular formula is C16H16N2O2S2. The zero-order valence-corrected chi connectivity index (χ0v) is 13.7. The first-order chi connectivity index (χ1) is 10.7. The van der Waals surface area contributed by atoms with Crippen molar-refractivity contribution in [2.24, 2.45) is 0 Å². The second kappa shape index (κ2) is 6.46. The fourth-order valence-electron chi connectivity index (χ4n) is 2.36. The zero-order valence-electron chi connectivity index (χ0n) is 12.1. The molecule has 1 N–H and O–H groups in total. The van der Waals surface area contributed by atoms with Crippen molar-refractivity contribution < 1.29 is 4.79 Å². The number of aromatic nitrogens is 1. The number of hydrogen-bond donors (Lipinski definition) is 1. The molecule has 3 rings (SSSR count). The summed E-state index contributed by atoms with van der Waals surface area (Å²) < 4.78 is 2.51. The molecular weight excluding hydrogens is 316 g/mol. The van der Waals surface area contributed by atoms with Gasteiger partial charge in [0, 0.05) is 4.88 Å². The first-order valence-corrected chi connectivity index (χ1v) is 8.76. The predicted octanol–water partition coefficient (Wildman–Crippen LogP) is 3.39. The smallest absolute Gasteiger partial charge is 0.269 e. The van der Waals surface area contributed by atoms with Crippen LogP contribution in [0.15, 0.2) is 46.6 Å². The van der Waals surface area contributed by atoms with Crippen LogP contribution in [0.3, 0.4) is 0 Å². The number of thiophene rings is 1. The van der Waals surface area contributed by atoms with Gasteiger partial charge in [-0.15, -0.1) is 11.3 Å². The van der Waals surface area contributed by atoms with Crippen LogP contribution in [0.5, 0.6) is 0 Å². The van der Waals surface area contributed by atoms with Gasteiger partial charge in [-0.2, -0.15) is 0 Å². The molecule has 6 heteroatoms. The summed E-state index contributed by atoms with van der Waals surface area (Å²) >= 11 is 2.96. The second-order valence-corrected chi connectivity index (χ2v) is 6.99. The molecule has 0 aliphatic carbocycles. The molecule has 2 heterocycles. The lowest BCUT2D eigenvalue weighted by atomic mass is 10.2. The van der Waals surface area contributed by atoms with E-state index in [9.17, 15) is 9.59 Å². The quantitative estimate of drug-likeness (QED) is 0.778. The lowest BCUT2D eigenvalue weighted by Gasteiger charge is -2.14. The molecule has 3 aromatic rings. The molecule has 1 amide bonds. The number of rotatable bonds is 5. The number of hydrogen-bond acceptors (Lipinski definition) is 4. The SMILES string of the molecule is CCC(C(=O)NCc1cccs1)n1sc2ccccc2c1=O. The Labute approximate surface area is 136 Å². The molecule has 1 atom stereocenters. The van der Waals surface area contributed by atoms with Crippen LogP contribution >= 0.6 is 22.9 Å². The normalized spacial score (nSPS) is 12.4. The average Bonchev–Trinajstić information content (AvgIpc) is 3.16. The molecule has 2 aromatic heterocycles. The Kier molecular flexibility index (Phi) is 4.40.